The summed E-state index contributed by atoms with van der Waals surface area (Å²) in [6.07, 6.45) is 0. The van der Waals surface area contributed by atoms with E-state index in [4.69, 9.17) is 16.6 Å². The number of thiocarbonyl (C=S) groups is 1. The van der Waals surface area contributed by atoms with Crippen molar-refractivity contribution in [2.45, 2.75) is 34.2 Å². The first-order valence-corrected chi connectivity index (χ1v) is 7.04. The van der Waals surface area contributed by atoms with E-state index in [2.05, 4.69) is 43.5 Å². The van der Waals surface area contributed by atoms with Gasteiger partial charge in [0, 0.05) is 5.69 Å². The third-order valence-corrected chi connectivity index (χ3v) is 3.55. The fourth-order valence-corrected chi connectivity index (χ4v) is 2.19. The van der Waals surface area contributed by atoms with Crippen LogP contribution >= 0.6 is 12.2 Å². The van der Waals surface area contributed by atoms with Crippen LogP contribution < -0.4 is 10.6 Å². The molecule has 0 unspecified atom stereocenters. The highest BCUT2D eigenvalue weighted by Gasteiger charge is 2.05. The number of hydrogen-bond donors (Lipinski definition) is 2. The Morgan fingerprint density at radius 2 is 1.75 bits per heavy atom. The molecule has 2 N–H and O–H groups in total. The fourth-order valence-electron chi connectivity index (χ4n) is 2.01. The number of nitrogens with one attached hydrogen (secondary N) is 2. The van der Waals surface area contributed by atoms with Crippen LogP contribution in [0.2, 0.25) is 0 Å². The monoisotopic (exact) mass is 288 g/mol. The largest absolute Gasteiger partial charge is 0.465 e. The number of hydrogen-bond acceptors (Lipinski definition) is 2. The number of aryl methyl sites for hydroxylation is 4. The standard InChI is InChI=1S/C16H20N2OS/c1-10-7-12(3)15(8-11(10)2)18-16(20)17-9-14-6-5-13(4)19-14/h5-8H,9H2,1-4H3,(H2,17,18,20). The zero-order valence-electron chi connectivity index (χ0n) is 12.3. The molecule has 0 aliphatic rings. The van der Waals surface area contributed by atoms with Crippen LogP contribution in [-0.4, -0.2) is 5.11 Å². The van der Waals surface area contributed by atoms with E-state index >= 15 is 0 Å². The molecule has 1 aromatic heterocycles. The quantitative estimate of drug-likeness (QED) is 0.837. The summed E-state index contributed by atoms with van der Waals surface area (Å²) in [6.45, 7) is 8.80. The van der Waals surface area contributed by atoms with Crippen LogP contribution in [0.3, 0.4) is 0 Å². The molecule has 0 aliphatic heterocycles. The van der Waals surface area contributed by atoms with Gasteiger partial charge in [0.05, 0.1) is 6.54 Å². The maximum absolute atomic E-state index is 5.49. The summed E-state index contributed by atoms with van der Waals surface area (Å²) >= 11 is 5.31. The van der Waals surface area contributed by atoms with Crippen molar-refractivity contribution in [2.24, 2.45) is 0 Å². The van der Waals surface area contributed by atoms with Gasteiger partial charge in [0.25, 0.3) is 0 Å². The van der Waals surface area contributed by atoms with Crippen LogP contribution in [0.25, 0.3) is 0 Å². The van der Waals surface area contributed by atoms with E-state index in [1.54, 1.807) is 0 Å². The first-order valence-electron chi connectivity index (χ1n) is 6.63. The van der Waals surface area contributed by atoms with Gasteiger partial charge in [-0.2, -0.15) is 0 Å². The average molecular weight is 288 g/mol. The lowest BCUT2D eigenvalue weighted by Crippen LogP contribution is -2.28. The summed E-state index contributed by atoms with van der Waals surface area (Å²) in [6, 6.07) is 8.18. The molecule has 1 heterocycles. The SMILES string of the molecule is Cc1ccc(CNC(=S)Nc2cc(C)c(C)cc2C)o1. The van der Waals surface area contributed by atoms with Crippen molar-refractivity contribution in [3.05, 3.63) is 52.5 Å². The number of benzene rings is 1. The van der Waals surface area contributed by atoms with Crippen molar-refractivity contribution >= 4 is 23.0 Å². The Bertz CT molecular complexity index is 631. The van der Waals surface area contributed by atoms with Crippen LogP contribution in [0.15, 0.2) is 28.7 Å². The molecule has 20 heavy (non-hydrogen) atoms. The minimum Gasteiger partial charge on any atom is -0.465 e. The van der Waals surface area contributed by atoms with E-state index in [1.165, 1.54) is 16.7 Å². The van der Waals surface area contributed by atoms with Gasteiger partial charge in [0.2, 0.25) is 0 Å². The Hall–Kier alpha value is -1.81. The molecule has 4 heteroatoms. The third-order valence-electron chi connectivity index (χ3n) is 3.31. The second-order valence-corrected chi connectivity index (χ2v) is 5.48. The minimum absolute atomic E-state index is 0.587. The van der Waals surface area contributed by atoms with Crippen LogP contribution in [0.4, 0.5) is 5.69 Å². The van der Waals surface area contributed by atoms with E-state index in [0.717, 1.165) is 17.2 Å². The first kappa shape index (κ1) is 14.6. The van der Waals surface area contributed by atoms with Gasteiger partial charge in [-0.1, -0.05) is 6.07 Å². The predicted molar refractivity (Wildman–Crippen MR) is 87.2 cm³/mol. The van der Waals surface area contributed by atoms with E-state index in [1.807, 2.05) is 19.1 Å². The van der Waals surface area contributed by atoms with Gasteiger partial charge < -0.3 is 15.1 Å². The Morgan fingerprint density at radius 3 is 2.40 bits per heavy atom. The number of rotatable bonds is 3. The maximum Gasteiger partial charge on any atom is 0.171 e. The van der Waals surface area contributed by atoms with Crippen molar-refractivity contribution < 1.29 is 4.42 Å². The smallest absolute Gasteiger partial charge is 0.171 e. The molecular formula is C16H20N2OS. The fraction of sp³-hybridized carbons (Fsp3) is 0.312. The van der Waals surface area contributed by atoms with E-state index in [9.17, 15) is 0 Å². The maximum atomic E-state index is 5.49. The average Bonchev–Trinajstić information content (AvgIpc) is 2.79. The van der Waals surface area contributed by atoms with Gasteiger partial charge in [-0.25, -0.2) is 0 Å². The van der Waals surface area contributed by atoms with Crippen molar-refractivity contribution in [3.8, 4) is 0 Å². The van der Waals surface area contributed by atoms with Crippen LogP contribution in [0.5, 0.6) is 0 Å². The van der Waals surface area contributed by atoms with Gasteiger partial charge in [-0.3, -0.25) is 0 Å². The molecule has 0 radical (unpaired) electrons. The molecule has 2 aromatic rings. The summed E-state index contributed by atoms with van der Waals surface area (Å²) in [7, 11) is 0. The van der Waals surface area contributed by atoms with E-state index in [0.29, 0.717) is 11.7 Å². The van der Waals surface area contributed by atoms with Crippen molar-refractivity contribution in [2.75, 3.05) is 5.32 Å². The number of furan rings is 1. The summed E-state index contributed by atoms with van der Waals surface area (Å²) < 4.78 is 5.49. The van der Waals surface area contributed by atoms with Gasteiger partial charge >= 0.3 is 0 Å². The minimum atomic E-state index is 0.587. The molecule has 0 amide bonds. The first-order chi connectivity index (χ1) is 9.45. The molecule has 106 valence electrons. The zero-order chi connectivity index (χ0) is 14.7. The Balaban J connectivity index is 1.96. The molecule has 0 fully saturated rings. The lowest BCUT2D eigenvalue weighted by atomic mass is 10.1. The van der Waals surface area contributed by atoms with Gasteiger partial charge in [-0.15, -0.1) is 0 Å². The second kappa shape index (κ2) is 6.09. The van der Waals surface area contributed by atoms with E-state index < -0.39 is 0 Å². The molecule has 0 atom stereocenters. The highest BCUT2D eigenvalue weighted by Crippen LogP contribution is 2.19. The number of anilines is 1. The van der Waals surface area contributed by atoms with Crippen molar-refractivity contribution in [1.82, 2.24) is 5.32 Å². The molecule has 0 bridgehead atoms. The molecule has 0 saturated heterocycles. The second-order valence-electron chi connectivity index (χ2n) is 5.07. The molecule has 3 nitrogen and oxygen atoms in total. The molecule has 0 aliphatic carbocycles. The predicted octanol–water partition coefficient (Wildman–Crippen LogP) is 4.00. The molecule has 1 aromatic carbocycles. The normalized spacial score (nSPS) is 10.4. The molecule has 0 saturated carbocycles. The molecule has 2 rings (SSSR count). The Kier molecular flexibility index (Phi) is 4.45. The van der Waals surface area contributed by atoms with Crippen LogP contribution in [0, 0.1) is 27.7 Å². The lowest BCUT2D eigenvalue weighted by molar-refractivity contribution is 0.478. The van der Waals surface area contributed by atoms with Crippen LogP contribution in [0.1, 0.15) is 28.2 Å². The van der Waals surface area contributed by atoms with Gasteiger partial charge in [0.15, 0.2) is 5.11 Å². The highest BCUT2D eigenvalue weighted by atomic mass is 32.1. The van der Waals surface area contributed by atoms with Gasteiger partial charge in [0.1, 0.15) is 11.5 Å². The topological polar surface area (TPSA) is 37.2 Å². The zero-order valence-corrected chi connectivity index (χ0v) is 13.1. The third kappa shape index (κ3) is 3.61. The Labute approximate surface area is 125 Å². The van der Waals surface area contributed by atoms with E-state index in [-0.39, 0.29) is 0 Å². The Morgan fingerprint density at radius 1 is 1.05 bits per heavy atom. The lowest BCUT2D eigenvalue weighted by Gasteiger charge is -2.14. The summed E-state index contributed by atoms with van der Waals surface area (Å²) in [5.41, 5.74) is 4.77. The van der Waals surface area contributed by atoms with Crippen molar-refractivity contribution in [3.63, 3.8) is 0 Å². The van der Waals surface area contributed by atoms with Crippen LogP contribution in [-0.2, 0) is 6.54 Å². The highest BCUT2D eigenvalue weighted by molar-refractivity contribution is 7.80. The molecular weight excluding hydrogens is 268 g/mol. The van der Waals surface area contributed by atoms with Gasteiger partial charge in [-0.05, 0) is 74.8 Å². The summed E-state index contributed by atoms with van der Waals surface area (Å²) in [5, 5.41) is 6.98. The molecule has 0 spiro atoms. The summed E-state index contributed by atoms with van der Waals surface area (Å²) in [5.74, 6) is 1.79. The summed E-state index contributed by atoms with van der Waals surface area (Å²) in [4.78, 5) is 0. The van der Waals surface area contributed by atoms with Crippen molar-refractivity contribution in [1.29, 1.82) is 0 Å².